The van der Waals surface area contributed by atoms with E-state index >= 15 is 0 Å². The number of aliphatic hydroxyl groups is 1. The maximum atomic E-state index is 10.6. The molecule has 5 fully saturated rings. The van der Waals surface area contributed by atoms with Gasteiger partial charge in [0.15, 0.2) is 0 Å². The largest absolute Gasteiger partial charge is 0.393 e. The summed E-state index contributed by atoms with van der Waals surface area (Å²) in [5, 5.41) is 10.6. The number of hydrogen-bond donors (Lipinski definition) is 1. The van der Waals surface area contributed by atoms with Gasteiger partial charge in [-0.15, -0.1) is 0 Å². The fourth-order valence-electron chi connectivity index (χ4n) is 5.80. The zero-order valence-corrected chi connectivity index (χ0v) is 15.4. The fraction of sp³-hybridized carbons (Fsp3) is 1.00. The normalized spacial score (nSPS) is 41.3. The molecule has 4 bridgehead atoms. The highest BCUT2D eigenvalue weighted by atomic mass is 16.3. The first-order chi connectivity index (χ1) is 11.3. The number of aliphatic hydroxyl groups excluding tert-OH is 1. The van der Waals surface area contributed by atoms with Gasteiger partial charge in [-0.3, -0.25) is 0 Å². The molecule has 0 spiro atoms. The van der Waals surface area contributed by atoms with Crippen LogP contribution < -0.4 is 0 Å². The molecule has 5 rings (SSSR count). The summed E-state index contributed by atoms with van der Waals surface area (Å²) in [6.07, 6.45) is 24.1. The van der Waals surface area contributed by atoms with Crippen molar-refractivity contribution in [2.45, 2.75) is 115 Å². The minimum atomic E-state index is 0.0176. The van der Waals surface area contributed by atoms with Gasteiger partial charge < -0.3 is 5.11 Å². The summed E-state index contributed by atoms with van der Waals surface area (Å²) < 4.78 is 0. The lowest BCUT2D eigenvalue weighted by atomic mass is 9.71. The molecule has 0 amide bonds. The van der Waals surface area contributed by atoms with Crippen molar-refractivity contribution in [3.05, 3.63) is 0 Å². The van der Waals surface area contributed by atoms with Crippen LogP contribution in [-0.2, 0) is 0 Å². The third-order valence-electron chi connectivity index (χ3n) is 7.38. The van der Waals surface area contributed by atoms with E-state index in [4.69, 9.17) is 0 Å². The molecule has 0 heterocycles. The number of hydrogen-bond acceptors (Lipinski definition) is 1. The number of rotatable bonds is 0. The van der Waals surface area contributed by atoms with Gasteiger partial charge in [-0.2, -0.15) is 0 Å². The zero-order valence-electron chi connectivity index (χ0n) is 15.4. The second-order valence-electron chi connectivity index (χ2n) is 9.18. The lowest BCUT2D eigenvalue weighted by Gasteiger charge is -2.37. The van der Waals surface area contributed by atoms with Gasteiger partial charge in [0, 0.05) is 0 Å². The summed E-state index contributed by atoms with van der Waals surface area (Å²) in [7, 11) is 0. The van der Waals surface area contributed by atoms with Gasteiger partial charge in [0.1, 0.15) is 0 Å². The van der Waals surface area contributed by atoms with Gasteiger partial charge in [0.25, 0.3) is 0 Å². The fourth-order valence-corrected chi connectivity index (χ4v) is 5.80. The molecule has 0 aromatic heterocycles. The first-order valence-corrected chi connectivity index (χ1v) is 11.0. The van der Waals surface area contributed by atoms with Crippen LogP contribution in [0.3, 0.4) is 0 Å². The van der Waals surface area contributed by atoms with Crippen LogP contribution in [0.15, 0.2) is 0 Å². The molecule has 23 heavy (non-hydrogen) atoms. The van der Waals surface area contributed by atoms with Crippen molar-refractivity contribution >= 4 is 0 Å². The van der Waals surface area contributed by atoms with Crippen molar-refractivity contribution in [3.63, 3.8) is 0 Å². The smallest absolute Gasteiger partial charge is 0.0571 e. The van der Waals surface area contributed by atoms with Gasteiger partial charge in [-0.25, -0.2) is 0 Å². The average Bonchev–Trinajstić information content (AvgIpc) is 2.56. The molecule has 0 aromatic rings. The SMILES string of the molecule is OC1CC2CCC1CCCCCCCCCC1CCC(CC1)C2. The van der Waals surface area contributed by atoms with Gasteiger partial charge >= 0.3 is 0 Å². The third kappa shape index (κ3) is 5.76. The summed E-state index contributed by atoms with van der Waals surface area (Å²) in [6.45, 7) is 0. The van der Waals surface area contributed by atoms with E-state index in [1.54, 1.807) is 0 Å². The highest BCUT2D eigenvalue weighted by molar-refractivity contribution is 4.83. The predicted octanol–water partition coefficient (Wildman–Crippen LogP) is 6.48. The maximum absolute atomic E-state index is 10.6. The maximum Gasteiger partial charge on any atom is 0.0571 e. The number of fused-ring (bicyclic) bond motifs is 2. The van der Waals surface area contributed by atoms with E-state index < -0.39 is 0 Å². The van der Waals surface area contributed by atoms with Crippen molar-refractivity contribution < 1.29 is 5.11 Å². The van der Waals surface area contributed by atoms with Crippen LogP contribution in [0.25, 0.3) is 0 Å². The Morgan fingerprint density at radius 1 is 0.435 bits per heavy atom. The first-order valence-electron chi connectivity index (χ1n) is 11.0. The van der Waals surface area contributed by atoms with Crippen LogP contribution in [0.5, 0.6) is 0 Å². The van der Waals surface area contributed by atoms with Crippen LogP contribution in [0.2, 0.25) is 0 Å². The summed E-state index contributed by atoms with van der Waals surface area (Å²) in [4.78, 5) is 0. The van der Waals surface area contributed by atoms with Crippen molar-refractivity contribution in [2.75, 3.05) is 0 Å². The minimum absolute atomic E-state index is 0.0176. The van der Waals surface area contributed by atoms with Crippen LogP contribution >= 0.6 is 0 Å². The van der Waals surface area contributed by atoms with E-state index in [1.807, 2.05) is 0 Å². The summed E-state index contributed by atoms with van der Waals surface area (Å²) in [5.74, 6) is 3.49. The van der Waals surface area contributed by atoms with E-state index in [0.717, 1.165) is 24.2 Å². The van der Waals surface area contributed by atoms with Crippen LogP contribution in [0.4, 0.5) is 0 Å². The Labute approximate surface area is 144 Å². The molecular weight excluding hydrogens is 280 g/mol. The quantitative estimate of drug-likeness (QED) is 0.541. The van der Waals surface area contributed by atoms with Crippen LogP contribution in [-0.4, -0.2) is 11.2 Å². The van der Waals surface area contributed by atoms with Crippen molar-refractivity contribution in [2.24, 2.45) is 23.7 Å². The topological polar surface area (TPSA) is 20.2 Å². The Bertz CT molecular complexity index is 318. The molecule has 0 aromatic carbocycles. The van der Waals surface area contributed by atoms with Gasteiger partial charge in [-0.05, 0) is 55.8 Å². The lowest BCUT2D eigenvalue weighted by molar-refractivity contribution is 0.0308. The molecule has 1 heteroatoms. The van der Waals surface area contributed by atoms with Crippen molar-refractivity contribution in [1.82, 2.24) is 0 Å². The Morgan fingerprint density at radius 3 is 1.70 bits per heavy atom. The average molecular weight is 321 g/mol. The Hall–Kier alpha value is -0.0400. The molecule has 0 aliphatic heterocycles. The van der Waals surface area contributed by atoms with E-state index in [2.05, 4.69) is 0 Å². The lowest BCUT2D eigenvalue weighted by Crippen LogP contribution is -2.31. The summed E-state index contributed by atoms with van der Waals surface area (Å²) >= 11 is 0. The minimum Gasteiger partial charge on any atom is -0.393 e. The second-order valence-corrected chi connectivity index (χ2v) is 9.18. The monoisotopic (exact) mass is 320 g/mol. The van der Waals surface area contributed by atoms with Crippen LogP contribution in [0.1, 0.15) is 109 Å². The zero-order chi connectivity index (χ0) is 15.9. The van der Waals surface area contributed by atoms with E-state index in [9.17, 15) is 5.11 Å². The molecule has 3 unspecified atom stereocenters. The van der Waals surface area contributed by atoms with E-state index in [0.29, 0.717) is 5.92 Å². The summed E-state index contributed by atoms with van der Waals surface area (Å²) in [5.41, 5.74) is 0. The van der Waals surface area contributed by atoms with E-state index in [1.165, 1.54) is 103 Å². The molecule has 1 N–H and O–H groups in total. The molecule has 5 saturated carbocycles. The predicted molar refractivity (Wildman–Crippen MR) is 98.5 cm³/mol. The Kier molecular flexibility index (Phi) is 7.30. The molecular formula is C22H40O. The molecule has 5 aliphatic carbocycles. The highest BCUT2D eigenvalue weighted by Gasteiger charge is 2.31. The highest BCUT2D eigenvalue weighted by Crippen LogP contribution is 2.40. The van der Waals surface area contributed by atoms with Gasteiger partial charge in [-0.1, -0.05) is 77.0 Å². The van der Waals surface area contributed by atoms with Gasteiger partial charge in [0.05, 0.1) is 6.10 Å². The molecule has 5 aliphatic rings. The molecule has 0 radical (unpaired) electrons. The molecule has 0 saturated heterocycles. The Morgan fingerprint density at radius 2 is 1.00 bits per heavy atom. The van der Waals surface area contributed by atoms with Crippen molar-refractivity contribution in [1.29, 1.82) is 0 Å². The second kappa shape index (κ2) is 9.44. The third-order valence-corrected chi connectivity index (χ3v) is 7.38. The van der Waals surface area contributed by atoms with Crippen molar-refractivity contribution in [3.8, 4) is 0 Å². The van der Waals surface area contributed by atoms with E-state index in [-0.39, 0.29) is 6.10 Å². The molecule has 1 nitrogen and oxygen atoms in total. The summed E-state index contributed by atoms with van der Waals surface area (Å²) in [6, 6.07) is 0. The Balaban J connectivity index is 1.51. The van der Waals surface area contributed by atoms with Gasteiger partial charge in [0.2, 0.25) is 0 Å². The molecule has 3 atom stereocenters. The molecule has 134 valence electrons. The van der Waals surface area contributed by atoms with Crippen LogP contribution in [0, 0.1) is 23.7 Å². The standard InChI is InChI=1S/C22H40O/c23-22-17-20-14-15-21(22)9-7-5-3-1-2-4-6-8-18-10-12-19(16-20)13-11-18/h18-23H,1-17H2. The first kappa shape index (κ1) is 17.8.